The smallest absolute Gasteiger partial charge is 0.496 e. The maximum Gasteiger partial charge on any atom is 0.534 e. The molecule has 27 heavy (non-hydrogen) atoms. The van der Waals surface area contributed by atoms with Crippen LogP contribution < -0.4 is 13.7 Å². The van der Waals surface area contributed by atoms with Crippen molar-refractivity contribution in [3.63, 3.8) is 0 Å². The number of methoxy groups -OCH3 is 1. The topological polar surface area (TPSA) is 61.8 Å². The molecule has 0 unspecified atom stereocenters. The number of fused-ring (bicyclic) bond motifs is 3. The normalized spacial score (nSPS) is 15.4. The lowest BCUT2D eigenvalue weighted by Crippen LogP contribution is -2.30. The Hall–Kier alpha value is -2.42. The molecule has 0 spiro atoms. The molecule has 0 radical (unpaired) electrons. The molecule has 9 heteroatoms. The third-order valence-corrected chi connectivity index (χ3v) is 5.19. The summed E-state index contributed by atoms with van der Waals surface area (Å²) in [5.41, 5.74) is -3.17. The molecule has 2 aromatic rings. The van der Waals surface area contributed by atoms with E-state index < -0.39 is 27.0 Å². The van der Waals surface area contributed by atoms with Crippen LogP contribution in [0, 0.1) is 6.92 Å². The average Bonchev–Trinajstić information content (AvgIpc) is 2.51. The van der Waals surface area contributed by atoms with Gasteiger partial charge < -0.3 is 13.7 Å². The van der Waals surface area contributed by atoms with Crippen LogP contribution >= 0.6 is 0 Å². The van der Waals surface area contributed by atoms with Crippen molar-refractivity contribution in [1.82, 2.24) is 0 Å². The predicted octanol–water partition coefficient (Wildman–Crippen LogP) is 4.53. The highest BCUT2D eigenvalue weighted by atomic mass is 32.2. The third-order valence-electron chi connectivity index (χ3n) is 4.21. The molecule has 0 fully saturated rings. The van der Waals surface area contributed by atoms with Gasteiger partial charge in [0.2, 0.25) is 0 Å². The van der Waals surface area contributed by atoms with Crippen molar-refractivity contribution in [3.05, 3.63) is 41.5 Å². The minimum absolute atomic E-state index is 0.141. The van der Waals surface area contributed by atoms with Gasteiger partial charge in [-0.25, -0.2) is 0 Å². The minimum atomic E-state index is -5.81. The number of alkyl halides is 3. The van der Waals surface area contributed by atoms with Gasteiger partial charge in [-0.15, -0.1) is 0 Å². The standard InChI is InChI=1S/C18H17F3O5S/c1-10-5-6-13-12(7-10)16-14(24-4)8-11(9-15(16)25-17(13,2)3)26-27(22,23)18(19,20)21/h5-9H,1-4H3. The van der Waals surface area contributed by atoms with Gasteiger partial charge in [0, 0.05) is 17.7 Å². The van der Waals surface area contributed by atoms with Gasteiger partial charge in [-0.3, -0.25) is 0 Å². The molecule has 1 aliphatic heterocycles. The van der Waals surface area contributed by atoms with E-state index in [1.165, 1.54) is 7.11 Å². The Balaban J connectivity index is 2.20. The van der Waals surface area contributed by atoms with E-state index in [2.05, 4.69) is 4.18 Å². The van der Waals surface area contributed by atoms with E-state index in [9.17, 15) is 21.6 Å². The molecule has 0 aromatic heterocycles. The highest BCUT2D eigenvalue weighted by Crippen LogP contribution is 2.51. The molecule has 0 saturated carbocycles. The zero-order chi connectivity index (χ0) is 20.2. The maximum absolute atomic E-state index is 12.6. The fourth-order valence-corrected chi connectivity index (χ4v) is 3.46. The van der Waals surface area contributed by atoms with Gasteiger partial charge in [0.05, 0.1) is 12.7 Å². The van der Waals surface area contributed by atoms with E-state index in [4.69, 9.17) is 9.47 Å². The van der Waals surface area contributed by atoms with Gasteiger partial charge in [0.1, 0.15) is 22.8 Å². The lowest BCUT2D eigenvalue weighted by molar-refractivity contribution is -0.0500. The second kappa shape index (κ2) is 6.05. The van der Waals surface area contributed by atoms with Gasteiger partial charge >= 0.3 is 15.6 Å². The van der Waals surface area contributed by atoms with Crippen molar-refractivity contribution in [2.45, 2.75) is 31.9 Å². The Morgan fingerprint density at radius 2 is 1.78 bits per heavy atom. The Bertz CT molecular complexity index is 1010. The van der Waals surface area contributed by atoms with Crippen molar-refractivity contribution >= 4 is 10.1 Å². The van der Waals surface area contributed by atoms with Crippen molar-refractivity contribution in [3.8, 4) is 28.4 Å². The highest BCUT2D eigenvalue weighted by molar-refractivity contribution is 7.88. The second-order valence-electron chi connectivity index (χ2n) is 6.64. The summed E-state index contributed by atoms with van der Waals surface area (Å²) in [6.07, 6.45) is 0. The van der Waals surface area contributed by atoms with Crippen molar-refractivity contribution in [2.75, 3.05) is 7.11 Å². The summed E-state index contributed by atoms with van der Waals surface area (Å²) >= 11 is 0. The molecular weight excluding hydrogens is 385 g/mol. The van der Waals surface area contributed by atoms with Crippen molar-refractivity contribution < 1.29 is 35.2 Å². The van der Waals surface area contributed by atoms with Gasteiger partial charge in [-0.1, -0.05) is 23.8 Å². The number of rotatable bonds is 3. The molecule has 2 aromatic carbocycles. The van der Waals surface area contributed by atoms with Crippen LogP contribution in [0.5, 0.6) is 17.2 Å². The number of hydrogen-bond acceptors (Lipinski definition) is 5. The summed E-state index contributed by atoms with van der Waals surface area (Å²) < 4.78 is 76.0. The first-order chi connectivity index (χ1) is 12.4. The molecule has 0 amide bonds. The van der Waals surface area contributed by atoms with Crippen LogP contribution in [0.25, 0.3) is 11.1 Å². The summed E-state index contributed by atoms with van der Waals surface area (Å²) in [5, 5.41) is 0. The van der Waals surface area contributed by atoms with E-state index >= 15 is 0 Å². The SMILES string of the molecule is COc1cc(OS(=O)(=O)C(F)(F)F)cc2c1-c1cc(C)ccc1C(C)(C)O2. The van der Waals surface area contributed by atoms with E-state index in [0.29, 0.717) is 5.56 Å². The highest BCUT2D eigenvalue weighted by Gasteiger charge is 2.49. The van der Waals surface area contributed by atoms with E-state index in [-0.39, 0.29) is 11.5 Å². The Labute approximate surface area is 154 Å². The average molecular weight is 402 g/mol. The molecule has 0 saturated heterocycles. The zero-order valence-corrected chi connectivity index (χ0v) is 15.8. The van der Waals surface area contributed by atoms with Crippen molar-refractivity contribution in [2.24, 2.45) is 0 Å². The largest absolute Gasteiger partial charge is 0.534 e. The minimum Gasteiger partial charge on any atom is -0.496 e. The first-order valence-electron chi connectivity index (χ1n) is 7.89. The number of halogens is 3. The van der Waals surface area contributed by atoms with Crippen LogP contribution in [-0.4, -0.2) is 21.0 Å². The fourth-order valence-electron chi connectivity index (χ4n) is 3.01. The molecule has 1 aliphatic rings. The van der Waals surface area contributed by atoms with Crippen LogP contribution in [0.4, 0.5) is 13.2 Å². The summed E-state index contributed by atoms with van der Waals surface area (Å²) in [6, 6.07) is 7.96. The van der Waals surface area contributed by atoms with E-state index in [1.54, 1.807) is 13.8 Å². The maximum atomic E-state index is 12.6. The lowest BCUT2D eigenvalue weighted by Gasteiger charge is -2.35. The van der Waals surface area contributed by atoms with Crippen molar-refractivity contribution in [1.29, 1.82) is 0 Å². The Kier molecular flexibility index (Phi) is 4.33. The van der Waals surface area contributed by atoms with Crippen LogP contribution in [-0.2, 0) is 15.7 Å². The molecule has 0 N–H and O–H groups in total. The van der Waals surface area contributed by atoms with Gasteiger partial charge in [-0.05, 0) is 26.3 Å². The number of ether oxygens (including phenoxy) is 2. The summed E-state index contributed by atoms with van der Waals surface area (Å²) in [7, 11) is -4.48. The Morgan fingerprint density at radius 1 is 1.11 bits per heavy atom. The van der Waals surface area contributed by atoms with Gasteiger partial charge in [-0.2, -0.15) is 21.6 Å². The van der Waals surface area contributed by atoms with Crippen LogP contribution in [0.15, 0.2) is 30.3 Å². The van der Waals surface area contributed by atoms with Crippen LogP contribution in [0.3, 0.4) is 0 Å². The molecule has 1 heterocycles. The molecule has 3 rings (SSSR count). The molecular formula is C18H17F3O5S. The first-order valence-corrected chi connectivity index (χ1v) is 9.30. The predicted molar refractivity (Wildman–Crippen MR) is 92.4 cm³/mol. The number of aryl methyl sites for hydroxylation is 1. The fraction of sp³-hybridized carbons (Fsp3) is 0.333. The quantitative estimate of drug-likeness (QED) is 0.558. The summed E-state index contributed by atoms with van der Waals surface area (Å²) in [4.78, 5) is 0. The second-order valence-corrected chi connectivity index (χ2v) is 8.18. The van der Waals surface area contributed by atoms with E-state index in [1.807, 2.05) is 25.1 Å². The Morgan fingerprint density at radius 3 is 2.37 bits per heavy atom. The molecule has 0 aliphatic carbocycles. The third kappa shape index (κ3) is 3.31. The number of hydrogen-bond donors (Lipinski definition) is 0. The van der Waals surface area contributed by atoms with Crippen LogP contribution in [0.2, 0.25) is 0 Å². The molecule has 5 nitrogen and oxygen atoms in total. The van der Waals surface area contributed by atoms with Crippen LogP contribution in [0.1, 0.15) is 25.0 Å². The number of benzene rings is 2. The lowest BCUT2D eigenvalue weighted by atomic mass is 9.85. The monoisotopic (exact) mass is 402 g/mol. The van der Waals surface area contributed by atoms with Gasteiger partial charge in [0.25, 0.3) is 0 Å². The zero-order valence-electron chi connectivity index (χ0n) is 15.0. The molecule has 0 bridgehead atoms. The summed E-state index contributed by atoms with van der Waals surface area (Å²) in [6.45, 7) is 5.51. The molecule has 146 valence electrons. The molecule has 0 atom stereocenters. The van der Waals surface area contributed by atoms with Gasteiger partial charge in [0.15, 0.2) is 0 Å². The van der Waals surface area contributed by atoms with E-state index in [0.717, 1.165) is 28.8 Å². The first kappa shape index (κ1) is 19.3. The summed E-state index contributed by atoms with van der Waals surface area (Å²) in [5.74, 6) is -0.234.